The van der Waals surface area contributed by atoms with Crippen LogP contribution in [0.15, 0.2) is 172 Å². The van der Waals surface area contributed by atoms with Crippen molar-refractivity contribution in [2.75, 3.05) is 0 Å². The number of hydrogen-bond acceptors (Lipinski definition) is 4. The van der Waals surface area contributed by atoms with Crippen molar-refractivity contribution < 1.29 is 8.83 Å². The molecule has 0 saturated heterocycles. The summed E-state index contributed by atoms with van der Waals surface area (Å²) in [6.07, 6.45) is 1.94. The number of furan rings is 2. The van der Waals surface area contributed by atoms with Gasteiger partial charge in [-0.15, -0.1) is 0 Å². The molecule has 9 aromatic rings. The number of nitrogens with one attached hydrogen (secondary N) is 1. The van der Waals surface area contributed by atoms with Crippen LogP contribution in [0.4, 0.5) is 0 Å². The Hall–Kier alpha value is -6.39. The fourth-order valence-electron chi connectivity index (χ4n) is 7.18. The fourth-order valence-corrected chi connectivity index (χ4v) is 7.18. The molecule has 0 spiro atoms. The van der Waals surface area contributed by atoms with Crippen molar-refractivity contribution in [2.24, 2.45) is 4.99 Å². The molecule has 1 unspecified atom stereocenters. The summed E-state index contributed by atoms with van der Waals surface area (Å²) in [5.41, 5.74) is 10.7. The Morgan fingerprint density at radius 3 is 2.08 bits per heavy atom. The molecule has 48 heavy (non-hydrogen) atoms. The molecule has 226 valence electrons. The summed E-state index contributed by atoms with van der Waals surface area (Å²) in [6, 6.07) is 52.7. The monoisotopic (exact) mass is 616 g/mol. The number of hydrogen-bond donors (Lipinski definition) is 1. The van der Waals surface area contributed by atoms with Crippen molar-refractivity contribution in [3.63, 3.8) is 0 Å². The van der Waals surface area contributed by atoms with E-state index in [0.717, 1.165) is 83.1 Å². The average molecular weight is 617 g/mol. The molecule has 7 aromatic carbocycles. The Balaban J connectivity index is 1.13. The number of para-hydroxylation sites is 1. The molecule has 1 atom stereocenters. The molecule has 0 radical (unpaired) electrons. The first kappa shape index (κ1) is 26.8. The van der Waals surface area contributed by atoms with E-state index in [9.17, 15) is 0 Å². The Morgan fingerprint density at radius 2 is 1.23 bits per heavy atom. The molecule has 1 aliphatic heterocycles. The lowest BCUT2D eigenvalue weighted by Gasteiger charge is -2.25. The SMILES string of the molecule is C1=C(c2ccccc2)NC(c2ccccc2)N=C1c1cccc2oc3cc(-c4cccc5c4oc4cc6ccccc6cc45)ccc3c12. The van der Waals surface area contributed by atoms with Crippen molar-refractivity contribution in [1.29, 1.82) is 0 Å². The lowest BCUT2D eigenvalue weighted by Crippen LogP contribution is -2.24. The first-order chi connectivity index (χ1) is 23.8. The van der Waals surface area contributed by atoms with Gasteiger partial charge in [0.1, 0.15) is 28.5 Å². The van der Waals surface area contributed by atoms with Gasteiger partial charge in [-0.1, -0.05) is 121 Å². The number of benzene rings is 7. The van der Waals surface area contributed by atoms with Gasteiger partial charge in [-0.05, 0) is 63.9 Å². The Morgan fingerprint density at radius 1 is 0.500 bits per heavy atom. The third-order valence-corrected chi connectivity index (χ3v) is 9.49. The molecule has 4 nitrogen and oxygen atoms in total. The van der Waals surface area contributed by atoms with Crippen molar-refractivity contribution in [3.05, 3.63) is 174 Å². The van der Waals surface area contributed by atoms with Crippen LogP contribution in [-0.2, 0) is 0 Å². The van der Waals surface area contributed by atoms with Crippen LogP contribution in [0.3, 0.4) is 0 Å². The zero-order valence-electron chi connectivity index (χ0n) is 25.9. The largest absolute Gasteiger partial charge is 0.456 e. The molecule has 1 aliphatic rings. The molecule has 2 aromatic heterocycles. The van der Waals surface area contributed by atoms with E-state index in [4.69, 9.17) is 13.8 Å². The highest BCUT2D eigenvalue weighted by molar-refractivity contribution is 6.24. The van der Waals surface area contributed by atoms with Crippen LogP contribution in [0.2, 0.25) is 0 Å². The number of allylic oxidation sites excluding steroid dienone is 1. The van der Waals surface area contributed by atoms with Crippen LogP contribution < -0.4 is 5.32 Å². The zero-order valence-corrected chi connectivity index (χ0v) is 25.9. The van der Waals surface area contributed by atoms with Gasteiger partial charge in [0.25, 0.3) is 0 Å². The van der Waals surface area contributed by atoms with E-state index in [1.807, 2.05) is 18.2 Å². The summed E-state index contributed by atoms with van der Waals surface area (Å²) < 4.78 is 13.1. The second-order valence-electron chi connectivity index (χ2n) is 12.4. The molecule has 1 N–H and O–H groups in total. The summed E-state index contributed by atoms with van der Waals surface area (Å²) >= 11 is 0. The summed E-state index contributed by atoms with van der Waals surface area (Å²) in [5.74, 6) is 0. The molecule has 10 rings (SSSR count). The third kappa shape index (κ3) is 4.27. The van der Waals surface area contributed by atoms with Crippen LogP contribution >= 0.6 is 0 Å². The van der Waals surface area contributed by atoms with E-state index in [0.29, 0.717) is 0 Å². The smallest absolute Gasteiger partial charge is 0.145 e. The van der Waals surface area contributed by atoms with Gasteiger partial charge in [0, 0.05) is 38.4 Å². The number of rotatable bonds is 4. The van der Waals surface area contributed by atoms with Crippen LogP contribution in [0.5, 0.6) is 0 Å². The van der Waals surface area contributed by atoms with Crippen LogP contribution in [0, 0.1) is 0 Å². The average Bonchev–Trinajstić information content (AvgIpc) is 3.72. The van der Waals surface area contributed by atoms with E-state index < -0.39 is 0 Å². The summed E-state index contributed by atoms with van der Waals surface area (Å²) in [7, 11) is 0. The maximum absolute atomic E-state index is 6.57. The lowest BCUT2D eigenvalue weighted by atomic mass is 9.97. The normalized spacial score (nSPS) is 14.9. The summed E-state index contributed by atoms with van der Waals surface area (Å²) in [4.78, 5) is 5.25. The molecule has 4 heteroatoms. The minimum Gasteiger partial charge on any atom is -0.456 e. The molecule has 0 aliphatic carbocycles. The lowest BCUT2D eigenvalue weighted by molar-refractivity contribution is 0.663. The Bertz CT molecular complexity index is 2750. The van der Waals surface area contributed by atoms with Gasteiger partial charge in [-0.25, -0.2) is 0 Å². The standard InChI is InChI=1S/C44H28N2O2/c1-3-11-27(12-4-1)37-26-38(46-44(45-37)28-13-5-2-6-14-28)34-19-10-20-39-42(34)35-22-21-31(25-40(35)47-39)32-17-9-18-33-36-23-29-15-7-8-16-30(29)24-41(36)48-43(32)33/h1-26,44-45H. The van der Waals surface area contributed by atoms with Crippen LogP contribution in [0.1, 0.15) is 22.9 Å². The maximum atomic E-state index is 6.57. The summed E-state index contributed by atoms with van der Waals surface area (Å²) in [6.45, 7) is 0. The van der Waals surface area contributed by atoms with Crippen molar-refractivity contribution in [2.45, 2.75) is 6.17 Å². The first-order valence-corrected chi connectivity index (χ1v) is 16.2. The summed E-state index contributed by atoms with van der Waals surface area (Å²) in [5, 5.41) is 10.4. The van der Waals surface area contributed by atoms with E-state index >= 15 is 0 Å². The van der Waals surface area contributed by atoms with Gasteiger partial charge in [0.05, 0.1) is 5.71 Å². The Kier molecular flexibility index (Phi) is 5.90. The molecular weight excluding hydrogens is 588 g/mol. The van der Waals surface area contributed by atoms with Gasteiger partial charge in [-0.3, -0.25) is 4.99 Å². The molecular formula is C44H28N2O2. The third-order valence-electron chi connectivity index (χ3n) is 9.49. The van der Waals surface area contributed by atoms with Crippen molar-refractivity contribution in [1.82, 2.24) is 5.32 Å². The van der Waals surface area contributed by atoms with Gasteiger partial charge in [0.15, 0.2) is 0 Å². The second-order valence-corrected chi connectivity index (χ2v) is 12.4. The van der Waals surface area contributed by atoms with E-state index in [-0.39, 0.29) is 6.17 Å². The zero-order chi connectivity index (χ0) is 31.6. The number of aliphatic imine (C=N–C) groups is 1. The molecule has 0 bridgehead atoms. The van der Waals surface area contributed by atoms with E-state index in [2.05, 4.69) is 145 Å². The quantitative estimate of drug-likeness (QED) is 0.214. The van der Waals surface area contributed by atoms with Crippen LogP contribution in [-0.4, -0.2) is 5.71 Å². The predicted molar refractivity (Wildman–Crippen MR) is 197 cm³/mol. The predicted octanol–water partition coefficient (Wildman–Crippen LogP) is 11.4. The second kappa shape index (κ2) is 10.6. The highest BCUT2D eigenvalue weighted by atomic mass is 16.3. The highest BCUT2D eigenvalue weighted by Crippen LogP contribution is 2.40. The van der Waals surface area contributed by atoms with Gasteiger partial charge < -0.3 is 14.2 Å². The van der Waals surface area contributed by atoms with E-state index in [1.54, 1.807) is 0 Å². The first-order valence-electron chi connectivity index (χ1n) is 16.2. The van der Waals surface area contributed by atoms with Crippen molar-refractivity contribution in [3.8, 4) is 11.1 Å². The van der Waals surface area contributed by atoms with E-state index in [1.165, 1.54) is 10.8 Å². The van der Waals surface area contributed by atoms with Crippen molar-refractivity contribution >= 4 is 66.1 Å². The molecule has 0 fully saturated rings. The topological polar surface area (TPSA) is 50.7 Å². The fraction of sp³-hybridized carbons (Fsp3) is 0.0227. The maximum Gasteiger partial charge on any atom is 0.145 e. The Labute approximate surface area is 276 Å². The highest BCUT2D eigenvalue weighted by Gasteiger charge is 2.22. The van der Waals surface area contributed by atoms with Gasteiger partial charge >= 0.3 is 0 Å². The molecule has 0 saturated carbocycles. The number of nitrogens with zero attached hydrogens (tertiary/aromatic N) is 1. The number of fused-ring (bicyclic) bond motifs is 7. The van der Waals surface area contributed by atoms with Crippen LogP contribution in [0.25, 0.3) is 71.5 Å². The van der Waals surface area contributed by atoms with Gasteiger partial charge in [0.2, 0.25) is 0 Å². The molecule has 0 amide bonds. The molecule has 3 heterocycles. The van der Waals surface area contributed by atoms with Gasteiger partial charge in [-0.2, -0.15) is 0 Å². The minimum absolute atomic E-state index is 0.219. The minimum atomic E-state index is -0.219.